The Morgan fingerprint density at radius 3 is 2.48 bits per heavy atom. The van der Waals surface area contributed by atoms with E-state index in [4.69, 9.17) is 5.41 Å². The van der Waals surface area contributed by atoms with E-state index >= 15 is 0 Å². The van der Waals surface area contributed by atoms with Crippen LogP contribution in [0.15, 0.2) is 54.6 Å². The molecular formula is C18H19N3. The molecule has 1 fully saturated rings. The summed E-state index contributed by atoms with van der Waals surface area (Å²) in [4.78, 5) is 4.46. The van der Waals surface area contributed by atoms with Gasteiger partial charge in [0.25, 0.3) is 0 Å². The summed E-state index contributed by atoms with van der Waals surface area (Å²) in [5, 5.41) is 8.47. The molecule has 1 N–H and O–H groups in total. The Kier molecular flexibility index (Phi) is 2.92. The number of hydrogen-bond donors (Lipinski definition) is 1. The van der Waals surface area contributed by atoms with E-state index in [0.29, 0.717) is 12.0 Å². The highest BCUT2D eigenvalue weighted by Crippen LogP contribution is 2.29. The molecule has 0 aromatic heterocycles. The van der Waals surface area contributed by atoms with Gasteiger partial charge in [0.05, 0.1) is 6.04 Å². The first kappa shape index (κ1) is 12.5. The van der Waals surface area contributed by atoms with E-state index in [1.807, 2.05) is 6.07 Å². The predicted molar refractivity (Wildman–Crippen MR) is 84.1 cm³/mol. The van der Waals surface area contributed by atoms with Gasteiger partial charge < -0.3 is 9.80 Å². The lowest BCUT2D eigenvalue weighted by molar-refractivity contribution is 0.311. The lowest BCUT2D eigenvalue weighted by Gasteiger charge is -2.31. The molecule has 0 aliphatic carbocycles. The summed E-state index contributed by atoms with van der Waals surface area (Å²) in [6.07, 6.45) is 1.06. The number of rotatable bonds is 2. The lowest BCUT2D eigenvalue weighted by atomic mass is 9.95. The van der Waals surface area contributed by atoms with Crippen molar-refractivity contribution in [2.24, 2.45) is 0 Å². The monoisotopic (exact) mass is 277 g/mol. The summed E-state index contributed by atoms with van der Waals surface area (Å²) in [6, 6.07) is 19.6. The number of nitrogens with zero attached hydrogens (tertiary/aromatic N) is 2. The van der Waals surface area contributed by atoms with Crippen molar-refractivity contribution in [2.75, 3.05) is 6.54 Å². The van der Waals surface area contributed by atoms with Gasteiger partial charge in [0.1, 0.15) is 0 Å². The Balaban J connectivity index is 1.54. The van der Waals surface area contributed by atoms with Crippen molar-refractivity contribution in [1.82, 2.24) is 9.80 Å². The summed E-state index contributed by atoms with van der Waals surface area (Å²) < 4.78 is 0. The van der Waals surface area contributed by atoms with Gasteiger partial charge in [-0.15, -0.1) is 0 Å². The molecule has 106 valence electrons. The highest BCUT2D eigenvalue weighted by molar-refractivity contribution is 5.80. The molecule has 2 aromatic carbocycles. The molecule has 0 amide bonds. The summed E-state index contributed by atoms with van der Waals surface area (Å²) in [5.41, 5.74) is 4.10. The average Bonchev–Trinajstić information content (AvgIpc) is 2.82. The zero-order valence-corrected chi connectivity index (χ0v) is 12.0. The van der Waals surface area contributed by atoms with Crippen LogP contribution in [0, 0.1) is 5.41 Å². The zero-order chi connectivity index (χ0) is 14.2. The van der Waals surface area contributed by atoms with Crippen molar-refractivity contribution in [1.29, 1.82) is 5.41 Å². The molecule has 1 saturated heterocycles. The van der Waals surface area contributed by atoms with Crippen LogP contribution in [-0.4, -0.2) is 28.3 Å². The van der Waals surface area contributed by atoms with Crippen LogP contribution in [0.1, 0.15) is 16.7 Å². The molecule has 0 spiro atoms. The van der Waals surface area contributed by atoms with Crippen LogP contribution in [0.5, 0.6) is 0 Å². The number of guanidine groups is 1. The normalized spacial score (nSPS) is 20.4. The van der Waals surface area contributed by atoms with E-state index in [0.717, 1.165) is 26.1 Å². The molecule has 0 saturated carbocycles. The Labute approximate surface area is 125 Å². The fourth-order valence-corrected chi connectivity index (χ4v) is 3.46. The Morgan fingerprint density at radius 2 is 1.67 bits per heavy atom. The Morgan fingerprint density at radius 1 is 0.952 bits per heavy atom. The maximum Gasteiger partial charge on any atom is 0.194 e. The van der Waals surface area contributed by atoms with Crippen molar-refractivity contribution in [2.45, 2.75) is 25.6 Å². The fourth-order valence-electron chi connectivity index (χ4n) is 3.46. The smallest absolute Gasteiger partial charge is 0.194 e. The minimum Gasteiger partial charge on any atom is -0.337 e. The van der Waals surface area contributed by atoms with Gasteiger partial charge >= 0.3 is 0 Å². The SMILES string of the molecule is N=C1N(Cc2ccccc2)C[C@@H]2Cc3ccccc3CN12. The van der Waals surface area contributed by atoms with Crippen molar-refractivity contribution in [3.05, 3.63) is 71.3 Å². The van der Waals surface area contributed by atoms with Gasteiger partial charge in [-0.3, -0.25) is 5.41 Å². The molecule has 2 heterocycles. The molecule has 3 nitrogen and oxygen atoms in total. The van der Waals surface area contributed by atoms with E-state index < -0.39 is 0 Å². The second-order valence-electron chi connectivity index (χ2n) is 5.94. The molecule has 4 rings (SSSR count). The van der Waals surface area contributed by atoms with Gasteiger partial charge in [-0.2, -0.15) is 0 Å². The van der Waals surface area contributed by atoms with Crippen LogP contribution >= 0.6 is 0 Å². The second kappa shape index (κ2) is 4.92. The van der Waals surface area contributed by atoms with Crippen molar-refractivity contribution >= 4 is 5.96 Å². The summed E-state index contributed by atoms with van der Waals surface area (Å²) >= 11 is 0. The highest BCUT2D eigenvalue weighted by Gasteiger charge is 2.37. The van der Waals surface area contributed by atoms with Gasteiger partial charge in [0.15, 0.2) is 5.96 Å². The molecule has 3 heteroatoms. The minimum absolute atomic E-state index is 0.455. The molecule has 21 heavy (non-hydrogen) atoms. The van der Waals surface area contributed by atoms with Gasteiger partial charge in [0, 0.05) is 19.6 Å². The number of hydrogen-bond acceptors (Lipinski definition) is 1. The third-order valence-corrected chi connectivity index (χ3v) is 4.57. The van der Waals surface area contributed by atoms with Crippen LogP contribution in [0.4, 0.5) is 0 Å². The van der Waals surface area contributed by atoms with E-state index in [1.54, 1.807) is 0 Å². The molecule has 2 aliphatic rings. The van der Waals surface area contributed by atoms with Crippen molar-refractivity contribution in [3.63, 3.8) is 0 Å². The lowest BCUT2D eigenvalue weighted by Crippen LogP contribution is -2.39. The maximum absolute atomic E-state index is 8.47. The standard InChI is InChI=1S/C18H19N3/c19-18-20(11-14-6-2-1-3-7-14)13-17-10-15-8-4-5-9-16(15)12-21(17)18/h1-9,17,19H,10-13H2/t17-/m0/s1. The van der Waals surface area contributed by atoms with Crippen LogP contribution in [0.25, 0.3) is 0 Å². The van der Waals surface area contributed by atoms with E-state index in [2.05, 4.69) is 58.3 Å². The van der Waals surface area contributed by atoms with Crippen LogP contribution in [0.2, 0.25) is 0 Å². The molecular weight excluding hydrogens is 258 g/mol. The maximum atomic E-state index is 8.47. The van der Waals surface area contributed by atoms with Crippen LogP contribution < -0.4 is 0 Å². The molecule has 1 atom stereocenters. The van der Waals surface area contributed by atoms with Crippen molar-refractivity contribution < 1.29 is 0 Å². The molecule has 2 aliphatic heterocycles. The third kappa shape index (κ3) is 2.19. The molecule has 0 bridgehead atoms. The fraction of sp³-hybridized carbons (Fsp3) is 0.278. The zero-order valence-electron chi connectivity index (χ0n) is 12.0. The minimum atomic E-state index is 0.455. The largest absolute Gasteiger partial charge is 0.337 e. The van der Waals surface area contributed by atoms with E-state index in [9.17, 15) is 0 Å². The molecule has 0 unspecified atom stereocenters. The third-order valence-electron chi connectivity index (χ3n) is 4.57. The van der Waals surface area contributed by atoms with E-state index in [1.165, 1.54) is 16.7 Å². The van der Waals surface area contributed by atoms with Gasteiger partial charge in [0.2, 0.25) is 0 Å². The average molecular weight is 277 g/mol. The number of benzene rings is 2. The van der Waals surface area contributed by atoms with Crippen molar-refractivity contribution in [3.8, 4) is 0 Å². The first-order chi connectivity index (χ1) is 10.3. The van der Waals surface area contributed by atoms with Crippen LogP contribution in [0.3, 0.4) is 0 Å². The topological polar surface area (TPSA) is 30.3 Å². The quantitative estimate of drug-likeness (QED) is 0.915. The van der Waals surface area contributed by atoms with Gasteiger partial charge in [-0.05, 0) is 23.1 Å². The first-order valence-electron chi connectivity index (χ1n) is 7.52. The van der Waals surface area contributed by atoms with Crippen LogP contribution in [-0.2, 0) is 19.5 Å². The summed E-state index contributed by atoms with van der Waals surface area (Å²) in [7, 11) is 0. The molecule has 2 aromatic rings. The van der Waals surface area contributed by atoms with E-state index in [-0.39, 0.29) is 0 Å². The Hall–Kier alpha value is -2.29. The highest BCUT2D eigenvalue weighted by atomic mass is 15.4. The molecule has 0 radical (unpaired) electrons. The summed E-state index contributed by atoms with van der Waals surface area (Å²) in [5.74, 6) is 0.679. The number of fused-ring (bicyclic) bond motifs is 2. The second-order valence-corrected chi connectivity index (χ2v) is 5.94. The number of nitrogens with one attached hydrogen (secondary N) is 1. The van der Waals surface area contributed by atoms with Gasteiger partial charge in [-0.1, -0.05) is 54.6 Å². The summed E-state index contributed by atoms with van der Waals surface area (Å²) in [6.45, 7) is 2.68. The Bertz CT molecular complexity index is 665. The van der Waals surface area contributed by atoms with Gasteiger partial charge in [-0.25, -0.2) is 0 Å². The first-order valence-corrected chi connectivity index (χ1v) is 7.52. The predicted octanol–water partition coefficient (Wildman–Crippen LogP) is 2.86.